The minimum absolute atomic E-state index is 0.515. The van der Waals surface area contributed by atoms with E-state index in [1.165, 1.54) is 11.8 Å². The van der Waals surface area contributed by atoms with Crippen molar-refractivity contribution >= 4 is 29.2 Å². The summed E-state index contributed by atoms with van der Waals surface area (Å²) in [7, 11) is 0. The molecule has 0 saturated heterocycles. The monoisotopic (exact) mass is 316 g/mol. The number of hydrogen-bond donors (Lipinski definition) is 0. The normalized spacial score (nSPS) is 11.1. The molecule has 1 rings (SSSR count). The maximum Gasteiger partial charge on any atom is 0.190 e. The van der Waals surface area contributed by atoms with Gasteiger partial charge in [0.05, 0.1) is 0 Å². The Hall–Kier alpha value is -0.520. The van der Waals surface area contributed by atoms with Gasteiger partial charge >= 0.3 is 0 Å². The Labute approximate surface area is 131 Å². The topological polar surface area (TPSA) is 32.3 Å². The van der Waals surface area contributed by atoms with Crippen LogP contribution in [0.15, 0.2) is 11.2 Å². The lowest BCUT2D eigenvalue weighted by atomic mass is 10.3. The molecule has 1 heterocycles. The number of anilines is 1. The smallest absolute Gasteiger partial charge is 0.190 e. The van der Waals surface area contributed by atoms with Crippen LogP contribution in [0.25, 0.3) is 0 Å². The van der Waals surface area contributed by atoms with Crippen molar-refractivity contribution in [3.8, 4) is 0 Å². The fraction of sp³-hybridized carbons (Fsp3) is 0.714. The van der Waals surface area contributed by atoms with Crippen LogP contribution < -0.4 is 4.90 Å². The summed E-state index contributed by atoms with van der Waals surface area (Å²) in [6, 6.07) is 1.85. The van der Waals surface area contributed by atoms with Crippen LogP contribution in [0.4, 0.5) is 5.82 Å². The molecule has 0 unspecified atom stereocenters. The van der Waals surface area contributed by atoms with Crippen molar-refractivity contribution in [2.45, 2.75) is 32.3 Å². The van der Waals surface area contributed by atoms with E-state index in [4.69, 9.17) is 11.6 Å². The predicted molar refractivity (Wildman–Crippen MR) is 89.1 cm³/mol. The number of nitrogens with zero attached hydrogens (tertiary/aromatic N) is 4. The molecule has 0 aliphatic heterocycles. The first kappa shape index (κ1) is 17.5. The van der Waals surface area contributed by atoms with Gasteiger partial charge in [0.15, 0.2) is 5.16 Å². The highest BCUT2D eigenvalue weighted by Gasteiger charge is 2.10. The molecule has 0 amide bonds. The minimum atomic E-state index is 0.515. The van der Waals surface area contributed by atoms with Gasteiger partial charge in [0, 0.05) is 19.2 Å². The van der Waals surface area contributed by atoms with Crippen LogP contribution in [0.5, 0.6) is 0 Å². The summed E-state index contributed by atoms with van der Waals surface area (Å²) in [6.45, 7) is 11.8. The lowest BCUT2D eigenvalue weighted by Crippen LogP contribution is -2.30. The second kappa shape index (κ2) is 9.42. The molecule has 20 heavy (non-hydrogen) atoms. The van der Waals surface area contributed by atoms with Gasteiger partial charge in [-0.2, -0.15) is 0 Å². The van der Waals surface area contributed by atoms with Crippen molar-refractivity contribution in [1.29, 1.82) is 0 Å². The third kappa shape index (κ3) is 5.46. The fourth-order valence-corrected chi connectivity index (χ4v) is 2.70. The van der Waals surface area contributed by atoms with Crippen LogP contribution in [0, 0.1) is 0 Å². The SMILES string of the molecule is CCN(CC)CCCN(CC)c1cc(Cl)nc(SC)n1. The largest absolute Gasteiger partial charge is 0.357 e. The number of halogens is 1. The standard InChI is InChI=1S/C14H25ClN4S/c1-5-18(6-2)9-8-10-19(7-3)13-11-12(15)16-14(17-13)20-4/h11H,5-10H2,1-4H3. The molecule has 0 radical (unpaired) electrons. The average molecular weight is 317 g/mol. The molecule has 0 bridgehead atoms. The lowest BCUT2D eigenvalue weighted by Gasteiger charge is -2.24. The summed E-state index contributed by atoms with van der Waals surface area (Å²) in [5.41, 5.74) is 0. The molecule has 114 valence electrons. The highest BCUT2D eigenvalue weighted by Crippen LogP contribution is 2.20. The molecule has 1 aromatic rings. The summed E-state index contributed by atoms with van der Waals surface area (Å²) >= 11 is 7.58. The van der Waals surface area contributed by atoms with Gasteiger partial charge < -0.3 is 9.80 Å². The minimum Gasteiger partial charge on any atom is -0.357 e. The molecule has 4 nitrogen and oxygen atoms in total. The first-order valence-corrected chi connectivity index (χ1v) is 8.80. The molecular formula is C14H25ClN4S. The molecule has 0 aliphatic rings. The quantitative estimate of drug-likeness (QED) is 0.396. The summed E-state index contributed by atoms with van der Waals surface area (Å²) < 4.78 is 0. The van der Waals surface area contributed by atoms with Crippen LogP contribution in [0.2, 0.25) is 5.15 Å². The van der Waals surface area contributed by atoms with E-state index in [0.29, 0.717) is 5.15 Å². The lowest BCUT2D eigenvalue weighted by molar-refractivity contribution is 0.300. The molecule has 0 N–H and O–H groups in total. The Bertz CT molecular complexity index is 399. The maximum absolute atomic E-state index is 6.06. The van der Waals surface area contributed by atoms with Crippen molar-refractivity contribution in [3.05, 3.63) is 11.2 Å². The zero-order valence-corrected chi connectivity index (χ0v) is 14.5. The second-order valence-electron chi connectivity index (χ2n) is 4.50. The van der Waals surface area contributed by atoms with Crippen LogP contribution in [-0.4, -0.2) is 53.8 Å². The summed E-state index contributed by atoms with van der Waals surface area (Å²) in [4.78, 5) is 13.4. The molecular weight excluding hydrogens is 292 g/mol. The van der Waals surface area contributed by atoms with Crippen molar-refractivity contribution < 1.29 is 0 Å². The van der Waals surface area contributed by atoms with E-state index < -0.39 is 0 Å². The van der Waals surface area contributed by atoms with E-state index in [-0.39, 0.29) is 0 Å². The van der Waals surface area contributed by atoms with Gasteiger partial charge in [0.1, 0.15) is 11.0 Å². The van der Waals surface area contributed by atoms with Crippen LogP contribution in [0.1, 0.15) is 27.2 Å². The Morgan fingerprint density at radius 1 is 1.10 bits per heavy atom. The Morgan fingerprint density at radius 3 is 2.35 bits per heavy atom. The van der Waals surface area contributed by atoms with Crippen molar-refractivity contribution in [3.63, 3.8) is 0 Å². The summed E-state index contributed by atoms with van der Waals surface area (Å²) in [5.74, 6) is 0.927. The van der Waals surface area contributed by atoms with Crippen LogP contribution in [-0.2, 0) is 0 Å². The molecule has 0 aliphatic carbocycles. The highest BCUT2D eigenvalue weighted by molar-refractivity contribution is 7.98. The number of thioether (sulfide) groups is 1. The zero-order valence-electron chi connectivity index (χ0n) is 12.9. The van der Waals surface area contributed by atoms with Crippen LogP contribution in [0.3, 0.4) is 0 Å². The Balaban J connectivity index is 2.64. The van der Waals surface area contributed by atoms with Gasteiger partial charge in [0.2, 0.25) is 0 Å². The van der Waals surface area contributed by atoms with Crippen molar-refractivity contribution in [1.82, 2.24) is 14.9 Å². The van der Waals surface area contributed by atoms with Gasteiger partial charge in [-0.25, -0.2) is 9.97 Å². The number of aromatic nitrogens is 2. The van der Waals surface area contributed by atoms with E-state index in [1.807, 2.05) is 12.3 Å². The third-order valence-electron chi connectivity index (χ3n) is 3.35. The van der Waals surface area contributed by atoms with E-state index >= 15 is 0 Å². The molecule has 0 atom stereocenters. The van der Waals surface area contributed by atoms with E-state index in [0.717, 1.165) is 50.1 Å². The Morgan fingerprint density at radius 2 is 1.80 bits per heavy atom. The van der Waals surface area contributed by atoms with Gasteiger partial charge in [0.25, 0.3) is 0 Å². The average Bonchev–Trinajstić information content (AvgIpc) is 2.47. The summed E-state index contributed by atoms with van der Waals surface area (Å²) in [5, 5.41) is 1.25. The molecule has 0 aromatic carbocycles. The third-order valence-corrected chi connectivity index (χ3v) is 4.09. The van der Waals surface area contributed by atoms with E-state index in [1.54, 1.807) is 0 Å². The number of rotatable bonds is 9. The molecule has 0 spiro atoms. The Kier molecular flexibility index (Phi) is 8.26. The predicted octanol–water partition coefficient (Wildman–Crippen LogP) is 3.41. The van der Waals surface area contributed by atoms with Crippen molar-refractivity contribution in [2.24, 2.45) is 0 Å². The summed E-state index contributed by atoms with van der Waals surface area (Å²) in [6.07, 6.45) is 3.10. The highest BCUT2D eigenvalue weighted by atomic mass is 35.5. The van der Waals surface area contributed by atoms with Gasteiger partial charge in [-0.15, -0.1) is 0 Å². The molecule has 6 heteroatoms. The molecule has 0 fully saturated rings. The zero-order chi connectivity index (χ0) is 15.0. The fourth-order valence-electron chi connectivity index (χ4n) is 2.10. The second-order valence-corrected chi connectivity index (χ2v) is 5.66. The van der Waals surface area contributed by atoms with Gasteiger partial charge in [-0.3, -0.25) is 0 Å². The first-order chi connectivity index (χ1) is 9.64. The van der Waals surface area contributed by atoms with E-state index in [2.05, 4.69) is 40.5 Å². The van der Waals surface area contributed by atoms with Gasteiger partial charge in [-0.05, 0) is 39.2 Å². The van der Waals surface area contributed by atoms with Gasteiger partial charge in [-0.1, -0.05) is 37.2 Å². The van der Waals surface area contributed by atoms with E-state index in [9.17, 15) is 0 Å². The first-order valence-electron chi connectivity index (χ1n) is 7.20. The maximum atomic E-state index is 6.06. The molecule has 1 aromatic heterocycles. The number of hydrogen-bond acceptors (Lipinski definition) is 5. The molecule has 0 saturated carbocycles. The van der Waals surface area contributed by atoms with Crippen LogP contribution >= 0.6 is 23.4 Å². The van der Waals surface area contributed by atoms with Crippen molar-refractivity contribution in [2.75, 3.05) is 43.9 Å².